The number of carbonyl (C=O) groups excluding carboxylic acids is 1. The van der Waals surface area contributed by atoms with Crippen molar-refractivity contribution >= 4 is 5.97 Å². The van der Waals surface area contributed by atoms with Crippen molar-refractivity contribution in [2.75, 3.05) is 7.11 Å². The SMILES string of the molecule is C=C(C)C(=O)OC.C=CCc1ccc(F)c(F)c1. The maximum absolute atomic E-state index is 12.5. The zero-order chi connectivity index (χ0) is 14.1. The van der Waals surface area contributed by atoms with Crippen LogP contribution < -0.4 is 0 Å². The third kappa shape index (κ3) is 5.94. The Morgan fingerprint density at radius 2 is 2.00 bits per heavy atom. The minimum absolute atomic E-state index is 0.347. The van der Waals surface area contributed by atoms with Crippen molar-refractivity contribution in [1.29, 1.82) is 0 Å². The van der Waals surface area contributed by atoms with Gasteiger partial charge in [0.2, 0.25) is 0 Å². The van der Waals surface area contributed by atoms with Crippen molar-refractivity contribution in [3.8, 4) is 0 Å². The van der Waals surface area contributed by atoms with Crippen LogP contribution >= 0.6 is 0 Å². The summed E-state index contributed by atoms with van der Waals surface area (Å²) in [6.07, 6.45) is 2.21. The smallest absolute Gasteiger partial charge is 0.332 e. The average Bonchev–Trinajstić information content (AvgIpc) is 2.34. The summed E-state index contributed by atoms with van der Waals surface area (Å²) < 4.78 is 29.1. The van der Waals surface area contributed by atoms with Gasteiger partial charge in [0.15, 0.2) is 11.6 Å². The van der Waals surface area contributed by atoms with Crippen LogP contribution in [-0.2, 0) is 16.0 Å². The fraction of sp³-hybridized carbons (Fsp3) is 0.214. The lowest BCUT2D eigenvalue weighted by Gasteiger charge is -1.96. The number of rotatable bonds is 3. The van der Waals surface area contributed by atoms with E-state index >= 15 is 0 Å². The van der Waals surface area contributed by atoms with Gasteiger partial charge < -0.3 is 4.74 Å². The highest BCUT2D eigenvalue weighted by atomic mass is 19.2. The fourth-order valence-electron chi connectivity index (χ4n) is 1.01. The molecule has 0 aliphatic rings. The van der Waals surface area contributed by atoms with Gasteiger partial charge in [0, 0.05) is 5.57 Å². The van der Waals surface area contributed by atoms with Crippen molar-refractivity contribution in [3.63, 3.8) is 0 Å². The molecule has 0 fully saturated rings. The number of halogens is 2. The van der Waals surface area contributed by atoms with Crippen LogP contribution in [0.25, 0.3) is 0 Å². The van der Waals surface area contributed by atoms with Crippen LogP contribution in [0.4, 0.5) is 8.78 Å². The molecule has 18 heavy (non-hydrogen) atoms. The van der Waals surface area contributed by atoms with Crippen LogP contribution in [0.5, 0.6) is 0 Å². The topological polar surface area (TPSA) is 26.3 Å². The van der Waals surface area contributed by atoms with E-state index in [9.17, 15) is 13.6 Å². The van der Waals surface area contributed by atoms with Crippen LogP contribution in [0.1, 0.15) is 12.5 Å². The Kier molecular flexibility index (Phi) is 7.28. The number of hydrogen-bond donors (Lipinski definition) is 0. The largest absolute Gasteiger partial charge is 0.466 e. The molecule has 0 saturated carbocycles. The van der Waals surface area contributed by atoms with Gasteiger partial charge in [-0.3, -0.25) is 0 Å². The van der Waals surface area contributed by atoms with E-state index < -0.39 is 11.6 Å². The Bertz CT molecular complexity index is 439. The quantitative estimate of drug-likeness (QED) is 0.469. The van der Waals surface area contributed by atoms with Crippen LogP contribution in [0.15, 0.2) is 43.0 Å². The number of allylic oxidation sites excluding steroid dienone is 1. The summed E-state index contributed by atoms with van der Waals surface area (Å²) in [7, 11) is 1.33. The van der Waals surface area contributed by atoms with Gasteiger partial charge in [0.1, 0.15) is 0 Å². The van der Waals surface area contributed by atoms with E-state index in [0.717, 1.165) is 11.6 Å². The number of carbonyl (C=O) groups is 1. The highest BCUT2D eigenvalue weighted by molar-refractivity contribution is 5.86. The predicted molar refractivity (Wildman–Crippen MR) is 67.1 cm³/mol. The number of hydrogen-bond acceptors (Lipinski definition) is 2. The van der Waals surface area contributed by atoms with Crippen molar-refractivity contribution in [2.45, 2.75) is 13.3 Å². The lowest BCUT2D eigenvalue weighted by molar-refractivity contribution is -0.136. The normalized spacial score (nSPS) is 8.89. The highest BCUT2D eigenvalue weighted by Crippen LogP contribution is 2.08. The van der Waals surface area contributed by atoms with Crippen LogP contribution in [-0.4, -0.2) is 13.1 Å². The third-order valence-electron chi connectivity index (χ3n) is 1.90. The Morgan fingerprint density at radius 1 is 1.39 bits per heavy atom. The molecule has 0 atom stereocenters. The van der Waals surface area contributed by atoms with Gasteiger partial charge in [-0.25, -0.2) is 13.6 Å². The first-order chi connectivity index (χ1) is 8.42. The van der Waals surface area contributed by atoms with Crippen molar-refractivity contribution in [1.82, 2.24) is 0 Å². The second kappa shape index (κ2) is 8.17. The van der Waals surface area contributed by atoms with Gasteiger partial charge in [0.25, 0.3) is 0 Å². The minimum atomic E-state index is -0.808. The molecule has 0 N–H and O–H groups in total. The summed E-state index contributed by atoms with van der Waals surface area (Å²) in [4.78, 5) is 10.2. The lowest BCUT2D eigenvalue weighted by atomic mass is 10.1. The molecule has 0 unspecified atom stereocenters. The average molecular weight is 254 g/mol. The second-order valence-corrected chi connectivity index (χ2v) is 3.51. The molecule has 0 saturated heterocycles. The molecule has 0 aliphatic carbocycles. The Labute approximate surface area is 106 Å². The van der Waals surface area contributed by atoms with E-state index in [-0.39, 0.29) is 5.97 Å². The molecule has 0 aromatic heterocycles. The van der Waals surface area contributed by atoms with Crippen LogP contribution in [0.2, 0.25) is 0 Å². The Balaban J connectivity index is 0.000000360. The van der Waals surface area contributed by atoms with Crippen LogP contribution in [0, 0.1) is 11.6 Å². The van der Waals surface area contributed by atoms with E-state index in [1.807, 2.05) is 0 Å². The lowest BCUT2D eigenvalue weighted by Crippen LogP contribution is -1.98. The zero-order valence-corrected chi connectivity index (χ0v) is 10.5. The molecule has 98 valence electrons. The first-order valence-corrected chi connectivity index (χ1v) is 5.21. The molecule has 4 heteroatoms. The van der Waals surface area contributed by atoms with Crippen molar-refractivity contribution in [2.24, 2.45) is 0 Å². The van der Waals surface area contributed by atoms with Crippen molar-refractivity contribution < 1.29 is 18.3 Å². The first kappa shape index (κ1) is 16.0. The summed E-state index contributed by atoms with van der Waals surface area (Å²) in [6, 6.07) is 3.84. The molecule has 1 aromatic carbocycles. The zero-order valence-electron chi connectivity index (χ0n) is 10.5. The molecule has 0 aliphatic heterocycles. The molecule has 0 heterocycles. The molecular formula is C14H16F2O2. The number of ether oxygens (including phenoxy) is 1. The standard InChI is InChI=1S/C9H8F2.C5H8O2/c1-2-3-7-4-5-8(10)9(11)6-7;1-4(2)5(6)7-3/h2,4-6H,1,3H2;1H2,2-3H3. The molecule has 0 amide bonds. The third-order valence-corrected chi connectivity index (χ3v) is 1.90. The fourth-order valence-corrected chi connectivity index (χ4v) is 1.01. The van der Waals surface area contributed by atoms with Gasteiger partial charge in [-0.05, 0) is 31.0 Å². The molecular weight excluding hydrogens is 238 g/mol. The summed E-state index contributed by atoms with van der Waals surface area (Å²) in [6.45, 7) is 8.45. The van der Waals surface area contributed by atoms with E-state index in [1.54, 1.807) is 19.1 Å². The van der Waals surface area contributed by atoms with Gasteiger partial charge in [-0.15, -0.1) is 6.58 Å². The molecule has 0 spiro atoms. The monoisotopic (exact) mass is 254 g/mol. The minimum Gasteiger partial charge on any atom is -0.466 e. The first-order valence-electron chi connectivity index (χ1n) is 5.21. The Morgan fingerprint density at radius 3 is 2.33 bits per heavy atom. The molecule has 0 bridgehead atoms. The molecule has 0 radical (unpaired) electrons. The summed E-state index contributed by atoms with van der Waals surface area (Å²) in [5, 5.41) is 0. The van der Waals surface area contributed by atoms with Gasteiger partial charge in [-0.2, -0.15) is 0 Å². The second-order valence-electron chi connectivity index (χ2n) is 3.51. The van der Waals surface area contributed by atoms with E-state index in [4.69, 9.17) is 0 Å². The number of benzene rings is 1. The number of methoxy groups -OCH3 is 1. The molecule has 1 rings (SSSR count). The van der Waals surface area contributed by atoms with E-state index in [1.165, 1.54) is 13.2 Å². The van der Waals surface area contributed by atoms with Gasteiger partial charge in [-0.1, -0.05) is 18.7 Å². The maximum atomic E-state index is 12.5. The molecule has 1 aromatic rings. The molecule has 2 nitrogen and oxygen atoms in total. The maximum Gasteiger partial charge on any atom is 0.332 e. The van der Waals surface area contributed by atoms with E-state index in [2.05, 4.69) is 17.9 Å². The van der Waals surface area contributed by atoms with Gasteiger partial charge >= 0.3 is 5.97 Å². The van der Waals surface area contributed by atoms with Crippen molar-refractivity contribution in [3.05, 3.63) is 60.2 Å². The summed E-state index contributed by atoms with van der Waals surface area (Å²) >= 11 is 0. The van der Waals surface area contributed by atoms with Gasteiger partial charge in [0.05, 0.1) is 7.11 Å². The highest BCUT2D eigenvalue weighted by Gasteiger charge is 2.00. The van der Waals surface area contributed by atoms with E-state index in [0.29, 0.717) is 12.0 Å². The summed E-state index contributed by atoms with van der Waals surface area (Å²) in [5.41, 5.74) is 1.17. The Hall–Kier alpha value is -1.97. The summed E-state index contributed by atoms with van der Waals surface area (Å²) in [5.74, 6) is -1.96. The van der Waals surface area contributed by atoms with Crippen LogP contribution in [0.3, 0.4) is 0 Å². The number of esters is 1. The predicted octanol–water partition coefficient (Wildman–Crippen LogP) is 3.43.